The normalized spacial score (nSPS) is 15.9. The topological polar surface area (TPSA) is 43.0 Å². The van der Waals surface area contributed by atoms with E-state index in [1.54, 1.807) is 0 Å². The lowest BCUT2D eigenvalue weighted by Crippen LogP contribution is -2.08. The molecule has 0 amide bonds. The molecule has 2 heterocycles. The van der Waals surface area contributed by atoms with Crippen molar-refractivity contribution in [3.05, 3.63) is 35.0 Å². The van der Waals surface area contributed by atoms with Gasteiger partial charge in [0.25, 0.3) is 0 Å². The van der Waals surface area contributed by atoms with Crippen molar-refractivity contribution in [2.75, 3.05) is 0 Å². The van der Waals surface area contributed by atoms with Gasteiger partial charge in [-0.15, -0.1) is 0 Å². The summed E-state index contributed by atoms with van der Waals surface area (Å²) in [5.41, 5.74) is 11.8. The highest BCUT2D eigenvalue weighted by molar-refractivity contribution is 5.86. The van der Waals surface area contributed by atoms with E-state index in [9.17, 15) is 0 Å². The van der Waals surface area contributed by atoms with Crippen LogP contribution < -0.4 is 11.1 Å². The number of nitrogens with zero attached hydrogens (tertiary/aromatic N) is 1. The molecule has 1 aliphatic rings. The number of aromatic nitrogens is 1. The van der Waals surface area contributed by atoms with Crippen LogP contribution in [-0.2, 0) is 19.6 Å². The minimum Gasteiger partial charge on any atom is -0.347 e. The molecule has 3 N–H and O–H groups in total. The van der Waals surface area contributed by atoms with Crippen molar-refractivity contribution in [2.45, 2.75) is 52.4 Å². The number of hydrogen-bond donors (Lipinski definition) is 2. The van der Waals surface area contributed by atoms with Crippen LogP contribution in [0.4, 0.5) is 0 Å². The second-order valence-corrected chi connectivity index (χ2v) is 5.53. The van der Waals surface area contributed by atoms with Gasteiger partial charge >= 0.3 is 0 Å². The molecule has 1 aromatic heterocycles. The Morgan fingerprint density at radius 3 is 2.68 bits per heavy atom. The number of nitrogens with two attached hydrogens (primary N) is 1. The van der Waals surface area contributed by atoms with Gasteiger partial charge in [-0.05, 0) is 41.7 Å². The van der Waals surface area contributed by atoms with E-state index < -0.39 is 0 Å². The highest BCUT2D eigenvalue weighted by atomic mass is 15.0. The predicted molar refractivity (Wildman–Crippen MR) is 80.0 cm³/mol. The number of nitrogens with one attached hydrogen (secondary N) is 1. The van der Waals surface area contributed by atoms with Crippen molar-refractivity contribution in [1.29, 1.82) is 0 Å². The van der Waals surface area contributed by atoms with E-state index in [0.29, 0.717) is 0 Å². The third-order valence-electron chi connectivity index (χ3n) is 4.17. The molecule has 1 atom stereocenters. The lowest BCUT2D eigenvalue weighted by molar-refractivity contribution is 0.674. The zero-order valence-corrected chi connectivity index (χ0v) is 11.9. The molecule has 0 spiro atoms. The van der Waals surface area contributed by atoms with Gasteiger partial charge in [-0.25, -0.2) is 0 Å². The maximum Gasteiger partial charge on any atom is 0.0487 e. The second kappa shape index (κ2) is 4.99. The van der Waals surface area contributed by atoms with Crippen molar-refractivity contribution in [2.24, 2.45) is 5.73 Å². The minimum atomic E-state index is 0.146. The highest BCUT2D eigenvalue weighted by Crippen LogP contribution is 2.31. The molecule has 1 unspecified atom stereocenters. The first-order valence-electron chi connectivity index (χ1n) is 7.35. The summed E-state index contributed by atoms with van der Waals surface area (Å²) < 4.78 is 2.37. The molecule has 0 saturated carbocycles. The predicted octanol–water partition coefficient (Wildman–Crippen LogP) is 3.06. The van der Waals surface area contributed by atoms with Gasteiger partial charge in [-0.3, -0.25) is 0 Å². The summed E-state index contributed by atoms with van der Waals surface area (Å²) in [5, 5.41) is 4.78. The van der Waals surface area contributed by atoms with E-state index in [1.807, 2.05) is 0 Å². The van der Waals surface area contributed by atoms with Crippen molar-refractivity contribution in [3.63, 3.8) is 0 Å². The van der Waals surface area contributed by atoms with Crippen molar-refractivity contribution < 1.29 is 0 Å². The number of fused-ring (bicyclic) bond motifs is 2. The molecular weight excluding hydrogens is 234 g/mol. The molecule has 0 saturated heterocycles. The molecule has 3 nitrogen and oxygen atoms in total. The fourth-order valence-corrected chi connectivity index (χ4v) is 3.05. The van der Waals surface area contributed by atoms with E-state index in [-0.39, 0.29) is 6.04 Å². The Morgan fingerprint density at radius 1 is 1.26 bits per heavy atom. The molecule has 1 aliphatic heterocycles. The maximum absolute atomic E-state index is 6.29. The largest absolute Gasteiger partial charge is 0.347 e. The monoisotopic (exact) mass is 257 g/mol. The van der Waals surface area contributed by atoms with Crippen molar-refractivity contribution in [1.82, 2.24) is 9.88 Å². The quantitative estimate of drug-likeness (QED) is 0.884. The highest BCUT2D eigenvalue weighted by Gasteiger charge is 2.18. The van der Waals surface area contributed by atoms with E-state index in [2.05, 4.69) is 42.1 Å². The fraction of sp³-hybridized carbons (Fsp3) is 0.500. The van der Waals surface area contributed by atoms with Gasteiger partial charge in [-0.1, -0.05) is 13.8 Å². The Kier molecular flexibility index (Phi) is 3.33. The average molecular weight is 257 g/mol. The first-order chi connectivity index (χ1) is 9.24. The number of rotatable bonds is 4. The van der Waals surface area contributed by atoms with Crippen molar-refractivity contribution >= 4 is 10.9 Å². The third-order valence-corrected chi connectivity index (χ3v) is 4.17. The van der Waals surface area contributed by atoms with Crippen LogP contribution >= 0.6 is 0 Å². The Labute approximate surface area is 114 Å². The summed E-state index contributed by atoms with van der Waals surface area (Å²) >= 11 is 0. The first kappa shape index (κ1) is 12.7. The zero-order valence-electron chi connectivity index (χ0n) is 11.9. The number of benzene rings is 1. The third kappa shape index (κ3) is 2.07. The lowest BCUT2D eigenvalue weighted by Gasteiger charge is -2.07. The number of hydrogen-bond acceptors (Lipinski definition) is 2. The van der Waals surface area contributed by atoms with Crippen LogP contribution in [0, 0.1) is 0 Å². The number of aryl methyl sites for hydroxylation is 1. The van der Waals surface area contributed by atoms with Crippen LogP contribution in [-0.4, -0.2) is 4.57 Å². The molecule has 0 bridgehead atoms. The SMILES string of the molecule is CCCn1cc(C(N)CC)c2cc3c(cc21)CNC3. The maximum atomic E-state index is 6.29. The summed E-state index contributed by atoms with van der Waals surface area (Å²) in [5.74, 6) is 0. The van der Waals surface area contributed by atoms with Gasteiger partial charge in [0.15, 0.2) is 0 Å². The molecule has 1 aromatic carbocycles. The molecule has 0 aliphatic carbocycles. The van der Waals surface area contributed by atoms with E-state index in [1.165, 1.54) is 27.6 Å². The Hall–Kier alpha value is -1.32. The standard InChI is InChI=1S/C16H23N3/c1-3-5-19-10-14(15(17)4-2)13-6-11-8-18-9-12(11)7-16(13)19/h6-7,10,15,18H,3-5,8-9,17H2,1-2H3. The molecule has 19 heavy (non-hydrogen) atoms. The van der Waals surface area contributed by atoms with Crippen LogP contribution in [0.15, 0.2) is 18.3 Å². The van der Waals surface area contributed by atoms with Crippen LogP contribution in [0.3, 0.4) is 0 Å². The first-order valence-corrected chi connectivity index (χ1v) is 7.35. The summed E-state index contributed by atoms with van der Waals surface area (Å²) in [4.78, 5) is 0. The lowest BCUT2D eigenvalue weighted by atomic mass is 10.0. The second-order valence-electron chi connectivity index (χ2n) is 5.53. The Balaban J connectivity index is 2.20. The van der Waals surface area contributed by atoms with Crippen LogP contribution in [0.2, 0.25) is 0 Å². The van der Waals surface area contributed by atoms with E-state index in [4.69, 9.17) is 5.73 Å². The fourth-order valence-electron chi connectivity index (χ4n) is 3.05. The van der Waals surface area contributed by atoms with E-state index >= 15 is 0 Å². The smallest absolute Gasteiger partial charge is 0.0487 e. The Morgan fingerprint density at radius 2 is 2.00 bits per heavy atom. The van der Waals surface area contributed by atoms with E-state index in [0.717, 1.165) is 32.5 Å². The summed E-state index contributed by atoms with van der Waals surface area (Å²) in [6, 6.07) is 4.85. The van der Waals surface area contributed by atoms with Gasteiger partial charge in [0, 0.05) is 42.8 Å². The summed E-state index contributed by atoms with van der Waals surface area (Å²) in [6.45, 7) is 7.44. The van der Waals surface area contributed by atoms with Crippen LogP contribution in [0.25, 0.3) is 10.9 Å². The minimum absolute atomic E-state index is 0.146. The summed E-state index contributed by atoms with van der Waals surface area (Å²) in [7, 11) is 0. The van der Waals surface area contributed by atoms with Crippen molar-refractivity contribution in [3.8, 4) is 0 Å². The average Bonchev–Trinajstić information content (AvgIpc) is 3.01. The molecule has 3 heteroatoms. The van der Waals surface area contributed by atoms with Crippen LogP contribution in [0.5, 0.6) is 0 Å². The van der Waals surface area contributed by atoms with Gasteiger partial charge in [0.05, 0.1) is 0 Å². The van der Waals surface area contributed by atoms with Gasteiger partial charge in [0.2, 0.25) is 0 Å². The van der Waals surface area contributed by atoms with Gasteiger partial charge in [-0.2, -0.15) is 0 Å². The zero-order chi connectivity index (χ0) is 13.4. The van der Waals surface area contributed by atoms with Gasteiger partial charge < -0.3 is 15.6 Å². The molecule has 102 valence electrons. The summed E-state index contributed by atoms with van der Waals surface area (Å²) in [6.07, 6.45) is 4.41. The molecular formula is C16H23N3. The van der Waals surface area contributed by atoms with Crippen LogP contribution in [0.1, 0.15) is 49.4 Å². The molecule has 3 rings (SSSR count). The Bertz CT molecular complexity index is 598. The van der Waals surface area contributed by atoms with Gasteiger partial charge in [0.1, 0.15) is 0 Å². The molecule has 0 radical (unpaired) electrons. The molecule has 2 aromatic rings. The molecule has 0 fully saturated rings.